The molecule has 6 heteroatoms. The molecule has 2 rings (SSSR count). The van der Waals surface area contributed by atoms with E-state index in [0.29, 0.717) is 39.6 Å². The smallest absolute Gasteiger partial charge is 0.251 e. The Balaban J connectivity index is 1.79. The maximum atomic E-state index is 11.9. The number of nitrogens with two attached hydrogens (primary N) is 1. The number of hydrogen-bond donors (Lipinski definition) is 2. The van der Waals surface area contributed by atoms with Crippen molar-refractivity contribution in [3.05, 3.63) is 57.5 Å². The molecule has 0 bridgehead atoms. The summed E-state index contributed by atoms with van der Waals surface area (Å²) in [6.07, 6.45) is 0. The monoisotopic (exact) mass is 368 g/mol. The van der Waals surface area contributed by atoms with Crippen LogP contribution in [0.3, 0.4) is 0 Å². The molecule has 0 saturated carbocycles. The minimum absolute atomic E-state index is 0.173. The van der Waals surface area contributed by atoms with Gasteiger partial charge in [-0.2, -0.15) is 0 Å². The molecule has 0 atom stereocenters. The summed E-state index contributed by atoms with van der Waals surface area (Å²) >= 11 is 9.17. The molecule has 2 aromatic rings. The highest BCUT2D eigenvalue weighted by Gasteiger charge is 2.07. The van der Waals surface area contributed by atoms with Crippen LogP contribution < -0.4 is 15.8 Å². The molecule has 110 valence electrons. The van der Waals surface area contributed by atoms with E-state index in [9.17, 15) is 4.79 Å². The van der Waals surface area contributed by atoms with Gasteiger partial charge in [0.2, 0.25) is 0 Å². The molecule has 4 nitrogen and oxygen atoms in total. The highest BCUT2D eigenvalue weighted by molar-refractivity contribution is 9.10. The Labute approximate surface area is 136 Å². The van der Waals surface area contributed by atoms with E-state index in [-0.39, 0.29) is 5.91 Å². The minimum atomic E-state index is -0.173. The van der Waals surface area contributed by atoms with Crippen molar-refractivity contribution in [3.8, 4) is 5.75 Å². The first-order valence-electron chi connectivity index (χ1n) is 6.28. The average Bonchev–Trinajstić information content (AvgIpc) is 2.48. The summed E-state index contributed by atoms with van der Waals surface area (Å²) in [5.74, 6) is 0.543. The second kappa shape index (κ2) is 7.33. The van der Waals surface area contributed by atoms with Crippen LogP contribution in [0.5, 0.6) is 5.75 Å². The summed E-state index contributed by atoms with van der Waals surface area (Å²) in [5, 5.41) is 3.34. The molecule has 3 N–H and O–H groups in total. The third kappa shape index (κ3) is 4.65. The Bertz CT molecular complexity index is 632. The summed E-state index contributed by atoms with van der Waals surface area (Å²) in [7, 11) is 0. The van der Waals surface area contributed by atoms with Crippen molar-refractivity contribution >= 4 is 39.1 Å². The summed E-state index contributed by atoms with van der Waals surface area (Å²) in [6.45, 7) is 0.786. The normalized spacial score (nSPS) is 10.2. The van der Waals surface area contributed by atoms with Crippen molar-refractivity contribution in [1.82, 2.24) is 5.32 Å². The number of anilines is 1. The molecular formula is C15H14BrClN2O2. The number of nitrogens with one attached hydrogen (secondary N) is 1. The first-order valence-corrected chi connectivity index (χ1v) is 7.45. The second-order valence-corrected chi connectivity index (χ2v) is 5.56. The van der Waals surface area contributed by atoms with Gasteiger partial charge in [0.05, 0.1) is 11.6 Å². The Hall–Kier alpha value is -1.72. The van der Waals surface area contributed by atoms with Gasteiger partial charge in [0.15, 0.2) is 0 Å². The highest BCUT2D eigenvalue weighted by atomic mass is 79.9. The van der Waals surface area contributed by atoms with E-state index in [1.54, 1.807) is 42.5 Å². The average molecular weight is 370 g/mol. The largest absolute Gasteiger partial charge is 0.492 e. The maximum absolute atomic E-state index is 11.9. The number of amides is 1. The van der Waals surface area contributed by atoms with Gasteiger partial charge >= 0.3 is 0 Å². The number of carbonyl (C=O) groups is 1. The van der Waals surface area contributed by atoms with Gasteiger partial charge in [-0.25, -0.2) is 0 Å². The number of benzene rings is 2. The van der Waals surface area contributed by atoms with Crippen LogP contribution >= 0.6 is 27.5 Å². The van der Waals surface area contributed by atoms with Crippen LogP contribution in [0, 0.1) is 0 Å². The first-order chi connectivity index (χ1) is 10.1. The lowest BCUT2D eigenvalue weighted by atomic mass is 10.2. The van der Waals surface area contributed by atoms with Crippen molar-refractivity contribution in [2.45, 2.75) is 0 Å². The van der Waals surface area contributed by atoms with Gasteiger partial charge in [0.25, 0.3) is 5.91 Å². The van der Waals surface area contributed by atoms with Crippen molar-refractivity contribution in [3.63, 3.8) is 0 Å². The zero-order valence-electron chi connectivity index (χ0n) is 11.1. The maximum Gasteiger partial charge on any atom is 0.251 e. The van der Waals surface area contributed by atoms with E-state index < -0.39 is 0 Å². The summed E-state index contributed by atoms with van der Waals surface area (Å²) in [6, 6.07) is 12.1. The van der Waals surface area contributed by atoms with Gasteiger partial charge in [-0.3, -0.25) is 4.79 Å². The molecule has 0 radical (unpaired) electrons. The van der Waals surface area contributed by atoms with Gasteiger partial charge in [-0.15, -0.1) is 0 Å². The molecule has 0 fully saturated rings. The molecular weight excluding hydrogens is 356 g/mol. The molecule has 21 heavy (non-hydrogen) atoms. The van der Waals surface area contributed by atoms with E-state index in [2.05, 4.69) is 21.2 Å². The van der Waals surface area contributed by atoms with Gasteiger partial charge < -0.3 is 15.8 Å². The van der Waals surface area contributed by atoms with Gasteiger partial charge in [-0.1, -0.05) is 11.6 Å². The van der Waals surface area contributed by atoms with Gasteiger partial charge in [0.1, 0.15) is 12.4 Å². The van der Waals surface area contributed by atoms with E-state index in [1.165, 1.54) is 0 Å². The molecule has 1 amide bonds. The van der Waals surface area contributed by atoms with Crippen molar-refractivity contribution < 1.29 is 9.53 Å². The predicted octanol–water partition coefficient (Wildman–Crippen LogP) is 3.49. The van der Waals surface area contributed by atoms with Crippen LogP contribution in [0.2, 0.25) is 5.02 Å². The van der Waals surface area contributed by atoms with E-state index >= 15 is 0 Å². The molecule has 0 aromatic heterocycles. The van der Waals surface area contributed by atoms with E-state index in [4.69, 9.17) is 22.1 Å². The molecule has 0 aliphatic rings. The van der Waals surface area contributed by atoms with Crippen LogP contribution in [-0.4, -0.2) is 19.1 Å². The van der Waals surface area contributed by atoms with Crippen molar-refractivity contribution in [1.29, 1.82) is 0 Å². The van der Waals surface area contributed by atoms with E-state index in [0.717, 1.165) is 0 Å². The Morgan fingerprint density at radius 2 is 1.95 bits per heavy atom. The molecule has 0 unspecified atom stereocenters. The molecule has 0 saturated heterocycles. The van der Waals surface area contributed by atoms with Gasteiger partial charge in [0, 0.05) is 15.7 Å². The molecule has 0 spiro atoms. The summed E-state index contributed by atoms with van der Waals surface area (Å²) < 4.78 is 6.18. The fourth-order valence-electron chi connectivity index (χ4n) is 1.64. The lowest BCUT2D eigenvalue weighted by molar-refractivity contribution is 0.0947. The summed E-state index contributed by atoms with van der Waals surface area (Å²) in [5.41, 5.74) is 6.81. The van der Waals surface area contributed by atoms with Crippen molar-refractivity contribution in [2.75, 3.05) is 18.9 Å². The zero-order chi connectivity index (χ0) is 15.2. The molecule has 0 aliphatic heterocycles. The number of nitrogen functional groups attached to an aromatic ring is 1. The number of halogens is 2. The minimum Gasteiger partial charge on any atom is -0.492 e. The summed E-state index contributed by atoms with van der Waals surface area (Å²) in [4.78, 5) is 11.9. The zero-order valence-corrected chi connectivity index (χ0v) is 13.4. The first kappa shape index (κ1) is 15.7. The van der Waals surface area contributed by atoms with Gasteiger partial charge in [-0.05, 0) is 58.4 Å². The molecule has 0 aliphatic carbocycles. The number of carbonyl (C=O) groups excluding carboxylic acids is 1. The SMILES string of the molecule is Nc1ccc(OCCNC(=O)c2ccc(Cl)c(Br)c2)cc1. The topological polar surface area (TPSA) is 64.3 Å². The third-order valence-corrected chi connectivity index (χ3v) is 3.93. The van der Waals surface area contributed by atoms with Crippen LogP contribution in [0.25, 0.3) is 0 Å². The molecule has 0 heterocycles. The molecule has 2 aromatic carbocycles. The quantitative estimate of drug-likeness (QED) is 0.626. The Morgan fingerprint density at radius 3 is 2.62 bits per heavy atom. The predicted molar refractivity (Wildman–Crippen MR) is 87.8 cm³/mol. The Morgan fingerprint density at radius 1 is 1.24 bits per heavy atom. The number of rotatable bonds is 5. The third-order valence-electron chi connectivity index (χ3n) is 2.72. The van der Waals surface area contributed by atoms with Crippen LogP contribution in [-0.2, 0) is 0 Å². The Kier molecular flexibility index (Phi) is 5.47. The highest BCUT2D eigenvalue weighted by Crippen LogP contribution is 2.23. The van der Waals surface area contributed by atoms with Crippen LogP contribution in [0.1, 0.15) is 10.4 Å². The second-order valence-electron chi connectivity index (χ2n) is 4.30. The standard InChI is InChI=1S/C15H14BrClN2O2/c16-13-9-10(1-6-14(13)17)15(20)19-7-8-21-12-4-2-11(18)3-5-12/h1-6,9H,7-8,18H2,(H,19,20). The van der Waals surface area contributed by atoms with Crippen LogP contribution in [0.4, 0.5) is 5.69 Å². The fourth-order valence-corrected chi connectivity index (χ4v) is 2.13. The lowest BCUT2D eigenvalue weighted by Crippen LogP contribution is -2.28. The number of hydrogen-bond acceptors (Lipinski definition) is 3. The number of ether oxygens (including phenoxy) is 1. The fraction of sp³-hybridized carbons (Fsp3) is 0.133. The van der Waals surface area contributed by atoms with E-state index in [1.807, 2.05) is 0 Å². The van der Waals surface area contributed by atoms with Crippen molar-refractivity contribution in [2.24, 2.45) is 0 Å². The van der Waals surface area contributed by atoms with Crippen LogP contribution in [0.15, 0.2) is 46.9 Å². The lowest BCUT2D eigenvalue weighted by Gasteiger charge is -2.08.